The zero-order chi connectivity index (χ0) is 17.8. The zero-order valence-electron chi connectivity index (χ0n) is 14.9. The van der Waals surface area contributed by atoms with Gasteiger partial charge in [-0.2, -0.15) is 8.42 Å². The van der Waals surface area contributed by atoms with E-state index in [-0.39, 0.29) is 37.6 Å². The van der Waals surface area contributed by atoms with Gasteiger partial charge >= 0.3 is 35.5 Å². The largest absolute Gasteiger partial charge is 1.00 e. The van der Waals surface area contributed by atoms with Gasteiger partial charge in [0, 0.05) is 0 Å². The first-order chi connectivity index (χ1) is 11.4. The minimum absolute atomic E-state index is 0. The van der Waals surface area contributed by atoms with Crippen LogP contribution in [-0.2, 0) is 19.6 Å². The molecule has 0 amide bonds. The summed E-state index contributed by atoms with van der Waals surface area (Å²) in [4.78, 5) is 10.4. The molecule has 0 spiro atoms. The van der Waals surface area contributed by atoms with Gasteiger partial charge in [-0.25, -0.2) is 0 Å². The minimum Gasteiger partial charge on any atom is -1.00 e. The fourth-order valence-electron chi connectivity index (χ4n) is 1.46. The van der Waals surface area contributed by atoms with Crippen molar-refractivity contribution in [1.29, 1.82) is 0 Å². The fourth-order valence-corrected chi connectivity index (χ4v) is 1.84. The summed E-state index contributed by atoms with van der Waals surface area (Å²) in [5.41, 5.74) is 0. The van der Waals surface area contributed by atoms with Crippen LogP contribution in [0.3, 0.4) is 0 Å². The summed E-state index contributed by atoms with van der Waals surface area (Å²) in [5, 5.41) is 0. The van der Waals surface area contributed by atoms with Crippen LogP contribution in [0, 0.1) is 0 Å². The quantitative estimate of drug-likeness (QED) is 0.336. The Morgan fingerprint density at radius 3 is 1.84 bits per heavy atom. The number of hydrogen-bond acceptors (Lipinski definition) is 5. The number of rotatable bonds is 6. The van der Waals surface area contributed by atoms with E-state index < -0.39 is 21.8 Å². The molecule has 0 radical (unpaired) electrons. The third kappa shape index (κ3) is 12.4. The molecule has 6 nitrogen and oxygen atoms in total. The number of hydrogen-bond donors (Lipinski definition) is 1. The molecule has 0 aromatic heterocycles. The maximum absolute atomic E-state index is 10.4. The number of carbonyl (C=O) groups excluding carboxylic acids is 1. The van der Waals surface area contributed by atoms with Gasteiger partial charge in [0.15, 0.2) is 5.75 Å². The summed E-state index contributed by atoms with van der Waals surface area (Å²) in [6.45, 7) is 3.18. The maximum Gasteiger partial charge on any atom is 1.00 e. The average molecular weight is 374 g/mol. The Bertz CT molecular complexity index is 701. The van der Waals surface area contributed by atoms with E-state index in [1.165, 1.54) is 6.08 Å². The van der Waals surface area contributed by atoms with E-state index in [1.807, 2.05) is 60.7 Å². The maximum atomic E-state index is 10.4. The van der Waals surface area contributed by atoms with Crippen LogP contribution in [0.1, 0.15) is 1.43 Å². The Balaban J connectivity index is 0. The van der Waals surface area contributed by atoms with Crippen molar-refractivity contribution in [3.8, 4) is 11.5 Å². The molecule has 0 aliphatic carbocycles. The van der Waals surface area contributed by atoms with Crippen LogP contribution in [0.25, 0.3) is 0 Å². The SMILES string of the molecule is C=CCOC(=O)CS(=O)(=O)O.[H-].[Na+].c1ccc(Oc2ccccc2)cc1. The van der Waals surface area contributed by atoms with Gasteiger partial charge in [0.2, 0.25) is 0 Å². The van der Waals surface area contributed by atoms with E-state index in [4.69, 9.17) is 9.29 Å². The molecule has 0 heterocycles. The van der Waals surface area contributed by atoms with Crippen molar-refractivity contribution in [2.75, 3.05) is 12.4 Å². The molecule has 0 bridgehead atoms. The molecular weight excluding hydrogens is 355 g/mol. The predicted octanol–water partition coefficient (Wildman–Crippen LogP) is 0.199. The summed E-state index contributed by atoms with van der Waals surface area (Å²) in [6, 6.07) is 19.5. The molecule has 1 N–H and O–H groups in total. The van der Waals surface area contributed by atoms with Crippen molar-refractivity contribution in [3.63, 3.8) is 0 Å². The standard InChI is InChI=1S/C12H10O.C5H8O5S.Na.H/c1-3-7-11(8-4-1)13-12-9-5-2-6-10-12;1-2-3-10-5(6)4-11(7,8)9;;/h1-10H;2H,1,3-4H2,(H,7,8,9);;/q;;+1;-1. The number of benzene rings is 2. The van der Waals surface area contributed by atoms with Crippen LogP contribution in [0.15, 0.2) is 73.3 Å². The first-order valence-corrected chi connectivity index (χ1v) is 8.51. The molecule has 25 heavy (non-hydrogen) atoms. The molecule has 0 aliphatic heterocycles. The molecule has 2 rings (SSSR count). The van der Waals surface area contributed by atoms with Gasteiger partial charge in [-0.15, -0.1) is 0 Å². The van der Waals surface area contributed by atoms with Gasteiger partial charge in [-0.3, -0.25) is 9.35 Å². The van der Waals surface area contributed by atoms with Crippen molar-refractivity contribution in [2.45, 2.75) is 0 Å². The monoisotopic (exact) mass is 374 g/mol. The fraction of sp³-hybridized carbons (Fsp3) is 0.118. The molecule has 0 fully saturated rings. The topological polar surface area (TPSA) is 89.9 Å². The smallest absolute Gasteiger partial charge is 1.00 e. The molecule has 130 valence electrons. The van der Waals surface area contributed by atoms with Crippen LogP contribution >= 0.6 is 0 Å². The van der Waals surface area contributed by atoms with E-state index in [9.17, 15) is 13.2 Å². The third-order valence-corrected chi connectivity index (χ3v) is 2.99. The predicted molar refractivity (Wildman–Crippen MR) is 91.6 cm³/mol. The van der Waals surface area contributed by atoms with Gasteiger partial charge in [0.1, 0.15) is 18.1 Å². The second-order valence-electron chi connectivity index (χ2n) is 4.43. The van der Waals surface area contributed by atoms with Crippen LogP contribution in [-0.4, -0.2) is 31.3 Å². The zero-order valence-corrected chi connectivity index (χ0v) is 16.7. The van der Waals surface area contributed by atoms with Crippen LogP contribution in [0.5, 0.6) is 11.5 Å². The van der Waals surface area contributed by atoms with Gasteiger partial charge in [-0.05, 0) is 24.3 Å². The van der Waals surface area contributed by atoms with Crippen LogP contribution in [0.2, 0.25) is 0 Å². The summed E-state index contributed by atoms with van der Waals surface area (Å²) in [6.07, 6.45) is 1.29. The molecule has 8 heteroatoms. The summed E-state index contributed by atoms with van der Waals surface area (Å²) in [7, 11) is -4.26. The Hall–Kier alpha value is -1.64. The first kappa shape index (κ1) is 23.4. The Morgan fingerprint density at radius 1 is 1.04 bits per heavy atom. The molecule has 0 aliphatic rings. The van der Waals surface area contributed by atoms with E-state index in [1.54, 1.807) is 0 Å². The van der Waals surface area contributed by atoms with E-state index in [2.05, 4.69) is 11.3 Å². The minimum atomic E-state index is -4.26. The summed E-state index contributed by atoms with van der Waals surface area (Å²) in [5.74, 6) is -0.268. The van der Waals surface area contributed by atoms with Crippen LogP contribution < -0.4 is 34.3 Å². The van der Waals surface area contributed by atoms with E-state index in [0.29, 0.717) is 0 Å². The molecule has 0 saturated heterocycles. The number of ether oxygens (including phenoxy) is 2. The first-order valence-electron chi connectivity index (χ1n) is 6.90. The van der Waals surface area contributed by atoms with Gasteiger partial charge in [0.05, 0.1) is 0 Å². The molecule has 0 unspecified atom stereocenters. The Labute approximate surface area is 171 Å². The molecule has 0 saturated carbocycles. The molecule has 0 atom stereocenters. The molecule has 2 aromatic rings. The number of para-hydroxylation sites is 2. The Morgan fingerprint density at radius 2 is 1.48 bits per heavy atom. The Kier molecular flexibility index (Phi) is 11.9. The van der Waals surface area contributed by atoms with Gasteiger partial charge < -0.3 is 10.9 Å². The third-order valence-electron chi connectivity index (χ3n) is 2.38. The summed E-state index contributed by atoms with van der Waals surface area (Å²) < 4.78 is 38.0. The van der Waals surface area contributed by atoms with E-state index >= 15 is 0 Å². The van der Waals surface area contributed by atoms with Gasteiger partial charge in [0.25, 0.3) is 10.1 Å². The van der Waals surface area contributed by atoms with Crippen LogP contribution in [0.4, 0.5) is 0 Å². The van der Waals surface area contributed by atoms with Crippen molar-refractivity contribution in [2.24, 2.45) is 0 Å². The van der Waals surface area contributed by atoms with E-state index in [0.717, 1.165) is 11.5 Å². The molecular formula is C17H19NaO6S. The van der Waals surface area contributed by atoms with Crippen molar-refractivity contribution in [1.82, 2.24) is 0 Å². The number of carbonyl (C=O) groups is 1. The normalized spacial score (nSPS) is 9.64. The number of esters is 1. The second kappa shape index (κ2) is 12.7. The average Bonchev–Trinajstić information content (AvgIpc) is 2.54. The van der Waals surface area contributed by atoms with Crippen molar-refractivity contribution >= 4 is 16.1 Å². The van der Waals surface area contributed by atoms with Crippen molar-refractivity contribution in [3.05, 3.63) is 73.3 Å². The molecule has 2 aromatic carbocycles. The summed E-state index contributed by atoms with van der Waals surface area (Å²) >= 11 is 0. The van der Waals surface area contributed by atoms with Gasteiger partial charge in [-0.1, -0.05) is 49.1 Å². The second-order valence-corrected chi connectivity index (χ2v) is 5.88. The van der Waals surface area contributed by atoms with Crippen molar-refractivity contribution < 1.29 is 58.2 Å².